The monoisotopic (exact) mass is 620 g/mol. The fourth-order valence-electron chi connectivity index (χ4n) is 7.18. The first-order chi connectivity index (χ1) is 21.7. The number of nitriles is 1. The van der Waals surface area contributed by atoms with E-state index in [4.69, 9.17) is 14.7 Å². The molecule has 3 aliphatic heterocycles. The topological polar surface area (TPSA) is 83.8 Å². The summed E-state index contributed by atoms with van der Waals surface area (Å²) in [7, 11) is 2.15. The van der Waals surface area contributed by atoms with E-state index in [1.54, 1.807) is 18.2 Å². The molecule has 0 bridgehead atoms. The fraction of sp³-hybridized carbons (Fsp3) is 0.545. The van der Waals surface area contributed by atoms with E-state index in [2.05, 4.69) is 33.1 Å². The summed E-state index contributed by atoms with van der Waals surface area (Å²) >= 11 is 0. The van der Waals surface area contributed by atoms with Crippen molar-refractivity contribution in [2.75, 3.05) is 75.8 Å². The Morgan fingerprint density at radius 2 is 1.80 bits per heavy atom. The highest BCUT2D eigenvalue weighted by molar-refractivity contribution is 5.97. The van der Waals surface area contributed by atoms with Gasteiger partial charge in [0, 0.05) is 75.0 Å². The van der Waals surface area contributed by atoms with Gasteiger partial charge in [-0.3, -0.25) is 4.90 Å². The van der Waals surface area contributed by atoms with Crippen molar-refractivity contribution < 1.29 is 17.9 Å². The Labute approximate surface area is 261 Å². The molecule has 2 aromatic carbocycles. The quantitative estimate of drug-likeness (QED) is 0.421. The lowest BCUT2D eigenvalue weighted by molar-refractivity contribution is -0.136. The van der Waals surface area contributed by atoms with Crippen LogP contribution in [0.1, 0.15) is 36.1 Å². The molecule has 0 amide bonds. The van der Waals surface area contributed by atoms with E-state index in [1.807, 2.05) is 11.0 Å². The van der Waals surface area contributed by atoms with E-state index >= 15 is 0 Å². The lowest BCUT2D eigenvalue weighted by Gasteiger charge is -2.38. The number of likely N-dealkylation sites (N-methyl/N-ethyl adjacent to an activating group) is 1. The number of hydrogen-bond acceptors (Lipinski definition) is 9. The van der Waals surface area contributed by atoms with Crippen LogP contribution in [0.3, 0.4) is 0 Å². The SMILES string of the molecule is CN1CCN(C2(COc3nc4c(c(N5CCN[C@@H](CC#N)C5)n3)CCN(c3cccc5cccc(C(F)(F)F)c35)C4)CC2)CC1. The number of nitrogens with zero attached hydrogens (tertiary/aromatic N) is 7. The number of ether oxygens (including phenoxy) is 1. The van der Waals surface area contributed by atoms with Crippen LogP contribution in [0.4, 0.5) is 24.7 Å². The molecule has 0 unspecified atom stereocenters. The van der Waals surface area contributed by atoms with Crippen molar-refractivity contribution in [2.45, 2.75) is 50.0 Å². The van der Waals surface area contributed by atoms with Crippen LogP contribution in [0.25, 0.3) is 10.8 Å². The summed E-state index contributed by atoms with van der Waals surface area (Å²) in [4.78, 5) is 19.0. The van der Waals surface area contributed by atoms with Crippen LogP contribution in [0, 0.1) is 11.3 Å². The Morgan fingerprint density at radius 1 is 1.02 bits per heavy atom. The van der Waals surface area contributed by atoms with Crippen molar-refractivity contribution >= 4 is 22.3 Å². The fourth-order valence-corrected chi connectivity index (χ4v) is 7.18. The number of fused-ring (bicyclic) bond motifs is 2. The summed E-state index contributed by atoms with van der Waals surface area (Å²) in [6.07, 6.45) is -1.31. The Balaban J connectivity index is 1.21. The molecule has 7 rings (SSSR count). The van der Waals surface area contributed by atoms with Gasteiger partial charge in [0.05, 0.1) is 35.8 Å². The highest BCUT2D eigenvalue weighted by atomic mass is 19.4. The van der Waals surface area contributed by atoms with Gasteiger partial charge in [0.2, 0.25) is 0 Å². The molecule has 1 saturated carbocycles. The van der Waals surface area contributed by atoms with Gasteiger partial charge in [-0.2, -0.15) is 28.4 Å². The molecule has 3 aromatic rings. The summed E-state index contributed by atoms with van der Waals surface area (Å²) in [5, 5.41) is 13.5. The van der Waals surface area contributed by atoms with Crippen LogP contribution >= 0.6 is 0 Å². The molecule has 3 fully saturated rings. The third kappa shape index (κ3) is 6.01. The Kier molecular flexibility index (Phi) is 7.96. The second-order valence-corrected chi connectivity index (χ2v) is 12.9. The van der Waals surface area contributed by atoms with E-state index in [9.17, 15) is 18.4 Å². The van der Waals surface area contributed by atoms with Crippen LogP contribution in [0.15, 0.2) is 36.4 Å². The molecule has 0 spiro atoms. The van der Waals surface area contributed by atoms with E-state index in [-0.39, 0.29) is 17.0 Å². The average Bonchev–Trinajstić information content (AvgIpc) is 3.84. The van der Waals surface area contributed by atoms with Gasteiger partial charge in [0.25, 0.3) is 0 Å². The average molecular weight is 621 g/mol. The van der Waals surface area contributed by atoms with E-state index in [1.165, 1.54) is 6.07 Å². The molecule has 2 saturated heterocycles. The van der Waals surface area contributed by atoms with Crippen molar-refractivity contribution in [2.24, 2.45) is 0 Å². The third-order valence-electron chi connectivity index (χ3n) is 9.92. The summed E-state index contributed by atoms with van der Waals surface area (Å²) < 4.78 is 48.9. The normalized spacial score (nSPS) is 22.2. The standard InChI is InChI=1S/C33H39F3N8O/c1-41-16-18-44(19-17-41)32(10-11-32)22-45-31-39-27-21-42(28-7-3-5-23-4-2-6-26(29(23)28)33(34,35)36)14-9-25(27)30(40-31)43-15-13-38-24(20-43)8-12-37/h2-7,24,38H,8-11,13-22H2,1H3/t24-/m0/s1. The van der Waals surface area contributed by atoms with Gasteiger partial charge in [-0.25, -0.2) is 0 Å². The molecular formula is C33H39F3N8O. The number of aromatic nitrogens is 2. The molecule has 238 valence electrons. The van der Waals surface area contributed by atoms with Gasteiger partial charge < -0.3 is 24.8 Å². The molecule has 1 N–H and O–H groups in total. The van der Waals surface area contributed by atoms with Crippen molar-refractivity contribution in [3.05, 3.63) is 53.2 Å². The summed E-state index contributed by atoms with van der Waals surface area (Å²) in [6, 6.07) is 12.3. The van der Waals surface area contributed by atoms with Crippen LogP contribution < -0.4 is 19.9 Å². The maximum atomic E-state index is 14.1. The molecule has 1 aliphatic carbocycles. The second-order valence-electron chi connectivity index (χ2n) is 12.9. The van der Waals surface area contributed by atoms with Crippen molar-refractivity contribution in [3.8, 4) is 12.1 Å². The van der Waals surface area contributed by atoms with Gasteiger partial charge in [-0.15, -0.1) is 0 Å². The molecule has 4 heterocycles. The molecule has 1 aromatic heterocycles. The lowest BCUT2D eigenvalue weighted by Crippen LogP contribution is -2.52. The maximum Gasteiger partial charge on any atom is 0.417 e. The molecule has 12 heteroatoms. The number of rotatable bonds is 7. The first-order valence-corrected chi connectivity index (χ1v) is 15.9. The third-order valence-corrected chi connectivity index (χ3v) is 9.92. The minimum absolute atomic E-state index is 0.0105. The van der Waals surface area contributed by atoms with Gasteiger partial charge >= 0.3 is 12.2 Å². The second kappa shape index (κ2) is 11.9. The number of benzene rings is 2. The summed E-state index contributed by atoms with van der Waals surface area (Å²) in [6.45, 7) is 7.60. The van der Waals surface area contributed by atoms with Crippen LogP contribution in [0.2, 0.25) is 0 Å². The van der Waals surface area contributed by atoms with Crippen molar-refractivity contribution in [3.63, 3.8) is 0 Å². The van der Waals surface area contributed by atoms with E-state index < -0.39 is 11.7 Å². The molecule has 4 aliphatic rings. The van der Waals surface area contributed by atoms with Crippen molar-refractivity contribution in [1.29, 1.82) is 5.26 Å². The number of alkyl halides is 3. The highest BCUT2D eigenvalue weighted by Crippen LogP contribution is 2.43. The predicted octanol–water partition coefficient (Wildman–Crippen LogP) is 4.06. The largest absolute Gasteiger partial charge is 0.461 e. The van der Waals surface area contributed by atoms with E-state index in [0.717, 1.165) is 75.3 Å². The first kappa shape index (κ1) is 30.0. The molecule has 45 heavy (non-hydrogen) atoms. The summed E-state index contributed by atoms with van der Waals surface area (Å²) in [5.41, 5.74) is 1.72. The van der Waals surface area contributed by atoms with Crippen LogP contribution in [-0.4, -0.2) is 97.4 Å². The zero-order valence-corrected chi connectivity index (χ0v) is 25.6. The Morgan fingerprint density at radius 3 is 2.53 bits per heavy atom. The smallest absolute Gasteiger partial charge is 0.417 e. The highest BCUT2D eigenvalue weighted by Gasteiger charge is 2.49. The molecule has 1 atom stereocenters. The Hall–Kier alpha value is -3.66. The van der Waals surface area contributed by atoms with Gasteiger partial charge in [0.1, 0.15) is 12.4 Å². The zero-order chi connectivity index (χ0) is 31.2. The molecular weight excluding hydrogens is 581 g/mol. The predicted molar refractivity (Wildman–Crippen MR) is 166 cm³/mol. The zero-order valence-electron chi connectivity index (χ0n) is 25.6. The van der Waals surface area contributed by atoms with Crippen molar-refractivity contribution in [1.82, 2.24) is 25.1 Å². The summed E-state index contributed by atoms with van der Waals surface area (Å²) in [5.74, 6) is 0.817. The minimum Gasteiger partial charge on any atom is -0.461 e. The van der Waals surface area contributed by atoms with Gasteiger partial charge in [0.15, 0.2) is 0 Å². The minimum atomic E-state index is -4.47. The van der Waals surface area contributed by atoms with E-state index in [0.29, 0.717) is 56.2 Å². The Bertz CT molecular complexity index is 1590. The van der Waals surface area contributed by atoms with Gasteiger partial charge in [-0.05, 0) is 43.8 Å². The number of piperazine rings is 2. The molecule has 0 radical (unpaired) electrons. The van der Waals surface area contributed by atoms with Crippen LogP contribution in [0.5, 0.6) is 6.01 Å². The van der Waals surface area contributed by atoms with Gasteiger partial charge in [-0.1, -0.05) is 24.3 Å². The van der Waals surface area contributed by atoms with Crippen LogP contribution in [-0.2, 0) is 19.1 Å². The lowest BCUT2D eigenvalue weighted by atomic mass is 9.98. The maximum absolute atomic E-state index is 14.1. The number of hydrogen-bond donors (Lipinski definition) is 1. The number of nitrogens with one attached hydrogen (secondary N) is 1. The molecule has 9 nitrogen and oxygen atoms in total. The first-order valence-electron chi connectivity index (χ1n) is 15.9. The number of halogens is 3. The number of anilines is 2.